The van der Waals surface area contributed by atoms with Crippen molar-refractivity contribution in [2.45, 2.75) is 0 Å². The van der Waals surface area contributed by atoms with Crippen LogP contribution in [0.4, 0.5) is 5.69 Å². The molecule has 2 aromatic rings. The number of para-hydroxylation sites is 1. The van der Waals surface area contributed by atoms with Crippen LogP contribution < -0.4 is 5.32 Å². The van der Waals surface area contributed by atoms with Gasteiger partial charge in [0, 0.05) is 16.8 Å². The number of amidine groups is 1. The minimum absolute atomic E-state index is 0.464. The summed E-state index contributed by atoms with van der Waals surface area (Å²) >= 11 is 5.24. The molecule has 0 bridgehead atoms. The molecule has 0 saturated carbocycles. The third kappa shape index (κ3) is 2.01. The second-order valence-corrected chi connectivity index (χ2v) is 4.48. The van der Waals surface area contributed by atoms with E-state index in [9.17, 15) is 0 Å². The molecule has 1 N–H and O–H groups in total. The van der Waals surface area contributed by atoms with Crippen LogP contribution in [-0.2, 0) is 0 Å². The Morgan fingerprint density at radius 1 is 1.05 bits per heavy atom. The molecule has 0 saturated heterocycles. The number of hydrogen-bond donors (Lipinski definition) is 1. The highest BCUT2D eigenvalue weighted by Gasteiger charge is 2.23. The summed E-state index contributed by atoms with van der Waals surface area (Å²) in [6, 6.07) is 17.4. The van der Waals surface area contributed by atoms with Gasteiger partial charge in [0.1, 0.15) is 10.8 Å². The molecule has 0 amide bonds. The Morgan fingerprint density at radius 2 is 1.84 bits per heavy atom. The first-order valence-electron chi connectivity index (χ1n) is 5.78. The second-order valence-electron chi connectivity index (χ2n) is 4.10. The molecule has 90 valence electrons. The summed E-state index contributed by atoms with van der Waals surface area (Å²) in [5.41, 5.74) is 3.14. The molecule has 0 unspecified atom stereocenters. The van der Waals surface area contributed by atoms with Gasteiger partial charge in [0.15, 0.2) is 0 Å². The van der Waals surface area contributed by atoms with Crippen LogP contribution in [0.3, 0.4) is 0 Å². The summed E-state index contributed by atoms with van der Waals surface area (Å²) in [6.07, 6.45) is 0. The highest BCUT2D eigenvalue weighted by Crippen LogP contribution is 2.24. The fraction of sp³-hybridized carbons (Fsp3) is 0. The molecule has 3 rings (SSSR count). The minimum atomic E-state index is 0.464. The maximum absolute atomic E-state index is 9.11. The number of nitrogens with one attached hydrogen (secondary N) is 1. The Balaban J connectivity index is 2.03. The molecule has 1 heterocycles. The first-order chi connectivity index (χ1) is 9.29. The van der Waals surface area contributed by atoms with Crippen molar-refractivity contribution >= 4 is 28.7 Å². The Morgan fingerprint density at radius 3 is 2.58 bits per heavy atom. The van der Waals surface area contributed by atoms with Gasteiger partial charge in [0.05, 0.1) is 11.6 Å². The van der Waals surface area contributed by atoms with Gasteiger partial charge in [-0.15, -0.1) is 0 Å². The van der Waals surface area contributed by atoms with Gasteiger partial charge in [-0.2, -0.15) is 5.26 Å². The Hall–Kier alpha value is -2.51. The van der Waals surface area contributed by atoms with E-state index in [4.69, 9.17) is 17.5 Å². The second kappa shape index (κ2) is 4.63. The van der Waals surface area contributed by atoms with Gasteiger partial charge in [-0.3, -0.25) is 0 Å². The lowest BCUT2D eigenvalue weighted by Gasteiger charge is -2.07. The van der Waals surface area contributed by atoms with E-state index < -0.39 is 0 Å². The summed E-state index contributed by atoms with van der Waals surface area (Å²) < 4.78 is 0. The molecule has 3 nitrogen and oxygen atoms in total. The number of thiocarbonyl (C=S) groups is 1. The number of rotatable bonds is 1. The minimum Gasteiger partial charge on any atom is -0.340 e. The highest BCUT2D eigenvalue weighted by atomic mass is 32.1. The van der Waals surface area contributed by atoms with Crippen LogP contribution in [0.1, 0.15) is 16.7 Å². The van der Waals surface area contributed by atoms with Gasteiger partial charge < -0.3 is 5.32 Å². The van der Waals surface area contributed by atoms with E-state index in [0.29, 0.717) is 16.4 Å². The van der Waals surface area contributed by atoms with Crippen molar-refractivity contribution in [2.24, 2.45) is 4.99 Å². The Bertz CT molecular complexity index is 727. The van der Waals surface area contributed by atoms with Crippen molar-refractivity contribution in [3.8, 4) is 6.07 Å². The lowest BCUT2D eigenvalue weighted by atomic mass is 10.0. The van der Waals surface area contributed by atoms with Gasteiger partial charge in [-0.1, -0.05) is 42.5 Å². The van der Waals surface area contributed by atoms with E-state index in [0.717, 1.165) is 16.8 Å². The zero-order chi connectivity index (χ0) is 13.2. The van der Waals surface area contributed by atoms with Crippen molar-refractivity contribution in [1.82, 2.24) is 0 Å². The third-order valence-corrected chi connectivity index (χ3v) is 3.20. The van der Waals surface area contributed by atoms with Crippen molar-refractivity contribution < 1.29 is 0 Å². The zero-order valence-corrected chi connectivity index (χ0v) is 10.7. The molecule has 0 fully saturated rings. The molecule has 1 aliphatic heterocycles. The molecule has 1 aliphatic rings. The number of fused-ring (bicyclic) bond motifs is 1. The molecule has 0 radical (unpaired) electrons. The standard InChI is InChI=1S/C15H9N3S/c16-9-10-5-4-8-12-13(10)15(19)18-14(12)17-11-6-2-1-3-7-11/h1-8H,(H,17,18,19). The number of nitrogens with zero attached hydrogens (tertiary/aromatic N) is 2. The number of benzene rings is 2. The van der Waals surface area contributed by atoms with Crippen molar-refractivity contribution in [3.63, 3.8) is 0 Å². The van der Waals surface area contributed by atoms with Crippen LogP contribution >= 0.6 is 12.2 Å². The fourth-order valence-corrected chi connectivity index (χ4v) is 2.36. The smallest absolute Gasteiger partial charge is 0.140 e. The zero-order valence-electron chi connectivity index (χ0n) is 9.92. The van der Waals surface area contributed by atoms with Gasteiger partial charge in [0.2, 0.25) is 0 Å². The van der Waals surface area contributed by atoms with Gasteiger partial charge in [0.25, 0.3) is 0 Å². The third-order valence-electron chi connectivity index (χ3n) is 2.90. The monoisotopic (exact) mass is 263 g/mol. The summed E-state index contributed by atoms with van der Waals surface area (Å²) in [5, 5.41) is 12.3. The van der Waals surface area contributed by atoms with Gasteiger partial charge in [-0.05, 0) is 18.2 Å². The average Bonchev–Trinajstić information content (AvgIpc) is 2.77. The first kappa shape index (κ1) is 11.6. The van der Waals surface area contributed by atoms with Crippen LogP contribution in [0.5, 0.6) is 0 Å². The summed E-state index contributed by atoms with van der Waals surface area (Å²) in [4.78, 5) is 4.81. The van der Waals surface area contributed by atoms with Gasteiger partial charge in [-0.25, -0.2) is 4.99 Å². The van der Waals surface area contributed by atoms with E-state index in [2.05, 4.69) is 16.4 Å². The quantitative estimate of drug-likeness (QED) is 0.804. The molecule has 0 aliphatic carbocycles. The van der Waals surface area contributed by atoms with E-state index in [1.165, 1.54) is 0 Å². The lowest BCUT2D eigenvalue weighted by molar-refractivity contribution is 1.47. The molecular weight excluding hydrogens is 254 g/mol. The number of hydrogen-bond acceptors (Lipinski definition) is 3. The molecule has 2 aromatic carbocycles. The lowest BCUT2D eigenvalue weighted by Crippen LogP contribution is -2.11. The van der Waals surface area contributed by atoms with E-state index >= 15 is 0 Å². The number of nitriles is 1. The predicted molar refractivity (Wildman–Crippen MR) is 79.5 cm³/mol. The van der Waals surface area contributed by atoms with Crippen molar-refractivity contribution in [2.75, 3.05) is 5.32 Å². The average molecular weight is 263 g/mol. The maximum atomic E-state index is 9.11. The van der Waals surface area contributed by atoms with Gasteiger partial charge >= 0.3 is 0 Å². The van der Waals surface area contributed by atoms with Crippen LogP contribution in [-0.4, -0.2) is 10.8 Å². The first-order valence-corrected chi connectivity index (χ1v) is 6.19. The Kier molecular flexibility index (Phi) is 2.82. The highest BCUT2D eigenvalue weighted by molar-refractivity contribution is 7.80. The van der Waals surface area contributed by atoms with E-state index in [-0.39, 0.29) is 0 Å². The molecule has 0 spiro atoms. The normalized spacial score (nSPS) is 12.6. The number of aliphatic imine (C=N–C) groups is 1. The Labute approximate surface area is 116 Å². The summed E-state index contributed by atoms with van der Waals surface area (Å²) in [6.45, 7) is 0. The predicted octanol–water partition coefficient (Wildman–Crippen LogP) is 3.11. The molecule has 0 atom stereocenters. The molecular formula is C15H9N3S. The molecule has 4 heteroatoms. The topological polar surface area (TPSA) is 48.2 Å². The van der Waals surface area contributed by atoms with E-state index in [1.54, 1.807) is 6.07 Å². The number of anilines is 1. The van der Waals surface area contributed by atoms with Crippen LogP contribution in [0.15, 0.2) is 53.5 Å². The van der Waals surface area contributed by atoms with Crippen LogP contribution in [0.25, 0.3) is 0 Å². The maximum Gasteiger partial charge on any atom is 0.140 e. The largest absolute Gasteiger partial charge is 0.340 e. The SMILES string of the molecule is N#Cc1cccc2c1C(=S)N=C2Nc1ccccc1. The van der Waals surface area contributed by atoms with Crippen molar-refractivity contribution in [1.29, 1.82) is 5.26 Å². The molecule has 19 heavy (non-hydrogen) atoms. The molecule has 0 aromatic heterocycles. The van der Waals surface area contributed by atoms with Crippen LogP contribution in [0, 0.1) is 11.3 Å². The van der Waals surface area contributed by atoms with Crippen molar-refractivity contribution in [3.05, 3.63) is 65.2 Å². The summed E-state index contributed by atoms with van der Waals surface area (Å²) in [5.74, 6) is 0.698. The van der Waals surface area contributed by atoms with Crippen LogP contribution in [0.2, 0.25) is 0 Å². The fourth-order valence-electron chi connectivity index (χ4n) is 2.04. The van der Waals surface area contributed by atoms with E-state index in [1.807, 2.05) is 42.5 Å². The summed E-state index contributed by atoms with van der Waals surface area (Å²) in [7, 11) is 0.